The lowest BCUT2D eigenvalue weighted by molar-refractivity contribution is 0.0266. The molecular weight excluding hydrogens is 254 g/mol. The Labute approximate surface area is 120 Å². The van der Waals surface area contributed by atoms with E-state index < -0.39 is 5.60 Å². The predicted octanol–water partition coefficient (Wildman–Crippen LogP) is 2.80. The lowest BCUT2D eigenvalue weighted by Gasteiger charge is -2.30. The lowest BCUT2D eigenvalue weighted by Crippen LogP contribution is -2.39. The third-order valence-corrected chi connectivity index (χ3v) is 3.33. The molecule has 0 radical (unpaired) electrons. The molecule has 0 aromatic carbocycles. The van der Waals surface area contributed by atoms with E-state index in [1.165, 1.54) is 11.1 Å². The van der Waals surface area contributed by atoms with Crippen molar-refractivity contribution in [3.63, 3.8) is 0 Å². The average Bonchev–Trinajstić information content (AvgIpc) is 2.37. The maximum Gasteiger partial charge on any atom is 0.410 e. The molecule has 0 aromatic rings. The zero-order chi connectivity index (χ0) is 14.8. The molecule has 1 N–H and O–H groups in total. The number of nitrogens with zero attached hydrogens (tertiary/aromatic N) is 1. The molecule has 0 fully saturated rings. The van der Waals surface area contributed by atoms with Crippen molar-refractivity contribution >= 4 is 6.09 Å². The Morgan fingerprint density at radius 1 is 1.40 bits per heavy atom. The van der Waals surface area contributed by atoms with E-state index in [0.29, 0.717) is 19.5 Å². The monoisotopic (exact) mass is 277 g/mol. The van der Waals surface area contributed by atoms with Gasteiger partial charge in [-0.05, 0) is 38.3 Å². The standard InChI is InChI=1S/C16H23NO3/c1-16(2,3)20-15(19)17-9-7-12(8-10-17)13-5-4-6-14(18)11-13/h4-7,14,18H,8-11H2,1-3H3. The van der Waals surface area contributed by atoms with Gasteiger partial charge in [0.15, 0.2) is 0 Å². The van der Waals surface area contributed by atoms with Gasteiger partial charge in [-0.1, -0.05) is 24.3 Å². The van der Waals surface area contributed by atoms with Crippen LogP contribution in [-0.4, -0.2) is 40.9 Å². The molecule has 1 unspecified atom stereocenters. The van der Waals surface area contributed by atoms with Gasteiger partial charge < -0.3 is 14.7 Å². The zero-order valence-corrected chi connectivity index (χ0v) is 12.4. The van der Waals surface area contributed by atoms with Crippen LogP contribution in [0.2, 0.25) is 0 Å². The molecule has 1 aliphatic heterocycles. The third-order valence-electron chi connectivity index (χ3n) is 3.33. The molecule has 0 aromatic heterocycles. The Bertz CT molecular complexity index is 469. The van der Waals surface area contributed by atoms with Crippen molar-refractivity contribution in [1.29, 1.82) is 0 Å². The minimum absolute atomic E-state index is 0.259. The molecule has 2 aliphatic rings. The minimum Gasteiger partial charge on any atom is -0.444 e. The summed E-state index contributed by atoms with van der Waals surface area (Å²) in [6.45, 7) is 6.85. The Kier molecular flexibility index (Phi) is 4.33. The molecule has 0 bridgehead atoms. The van der Waals surface area contributed by atoms with Crippen LogP contribution in [-0.2, 0) is 4.74 Å². The van der Waals surface area contributed by atoms with Gasteiger partial charge >= 0.3 is 6.09 Å². The number of hydrogen-bond acceptors (Lipinski definition) is 3. The van der Waals surface area contributed by atoms with E-state index in [2.05, 4.69) is 6.08 Å². The number of rotatable bonds is 1. The number of carbonyl (C=O) groups is 1. The highest BCUT2D eigenvalue weighted by atomic mass is 16.6. The summed E-state index contributed by atoms with van der Waals surface area (Å²) >= 11 is 0. The van der Waals surface area contributed by atoms with E-state index in [9.17, 15) is 9.90 Å². The molecule has 20 heavy (non-hydrogen) atoms. The van der Waals surface area contributed by atoms with Crippen molar-refractivity contribution in [2.24, 2.45) is 0 Å². The van der Waals surface area contributed by atoms with Crippen LogP contribution in [0.15, 0.2) is 35.5 Å². The maximum atomic E-state index is 12.0. The number of amides is 1. The first-order valence-corrected chi connectivity index (χ1v) is 7.08. The van der Waals surface area contributed by atoms with Crippen molar-refractivity contribution in [3.8, 4) is 0 Å². The maximum absolute atomic E-state index is 12.0. The van der Waals surface area contributed by atoms with Gasteiger partial charge in [-0.25, -0.2) is 4.79 Å². The van der Waals surface area contributed by atoms with Crippen LogP contribution in [0.3, 0.4) is 0 Å². The number of hydrogen-bond donors (Lipinski definition) is 1. The number of aliphatic hydroxyl groups is 1. The number of allylic oxidation sites excluding steroid dienone is 2. The second kappa shape index (κ2) is 5.83. The first-order chi connectivity index (χ1) is 9.35. The SMILES string of the molecule is CC(C)(C)OC(=O)N1CC=C(C2=CC=CC(O)C2)CC1. The van der Waals surface area contributed by atoms with Crippen molar-refractivity contribution in [3.05, 3.63) is 35.5 Å². The summed E-state index contributed by atoms with van der Waals surface area (Å²) in [6.07, 6.45) is 8.61. The normalized spacial score (nSPS) is 23.2. The molecule has 4 nitrogen and oxygen atoms in total. The summed E-state index contributed by atoms with van der Waals surface area (Å²) in [7, 11) is 0. The van der Waals surface area contributed by atoms with Gasteiger partial charge in [0, 0.05) is 19.5 Å². The molecule has 0 saturated carbocycles. The minimum atomic E-state index is -0.456. The highest BCUT2D eigenvalue weighted by molar-refractivity contribution is 5.68. The van der Waals surface area contributed by atoms with Crippen LogP contribution in [0.5, 0.6) is 0 Å². The van der Waals surface area contributed by atoms with E-state index in [1.807, 2.05) is 32.9 Å². The van der Waals surface area contributed by atoms with Gasteiger partial charge in [0.05, 0.1) is 6.10 Å². The molecular formula is C16H23NO3. The molecule has 0 spiro atoms. The summed E-state index contributed by atoms with van der Waals surface area (Å²) in [5.41, 5.74) is 1.94. The fourth-order valence-corrected chi connectivity index (χ4v) is 2.35. The lowest BCUT2D eigenvalue weighted by atomic mass is 9.92. The van der Waals surface area contributed by atoms with Gasteiger partial charge in [-0.15, -0.1) is 0 Å². The number of aliphatic hydroxyl groups excluding tert-OH is 1. The van der Waals surface area contributed by atoms with Crippen LogP contribution < -0.4 is 0 Å². The zero-order valence-electron chi connectivity index (χ0n) is 12.4. The molecule has 1 amide bonds. The van der Waals surface area contributed by atoms with Gasteiger partial charge in [0.1, 0.15) is 5.60 Å². The molecule has 1 aliphatic carbocycles. The largest absolute Gasteiger partial charge is 0.444 e. The van der Waals surface area contributed by atoms with Crippen molar-refractivity contribution in [2.45, 2.75) is 45.3 Å². The highest BCUT2D eigenvalue weighted by Gasteiger charge is 2.24. The van der Waals surface area contributed by atoms with E-state index in [1.54, 1.807) is 11.0 Å². The second-order valence-corrected chi connectivity index (χ2v) is 6.25. The Hall–Kier alpha value is -1.55. The van der Waals surface area contributed by atoms with Crippen LogP contribution in [0.25, 0.3) is 0 Å². The molecule has 110 valence electrons. The molecule has 1 heterocycles. The quantitative estimate of drug-likeness (QED) is 0.802. The molecule has 2 rings (SSSR count). The van der Waals surface area contributed by atoms with Gasteiger partial charge in [0.2, 0.25) is 0 Å². The van der Waals surface area contributed by atoms with Crippen molar-refractivity contribution in [2.75, 3.05) is 13.1 Å². The fourth-order valence-electron chi connectivity index (χ4n) is 2.35. The first kappa shape index (κ1) is 14.9. The Morgan fingerprint density at radius 2 is 2.15 bits per heavy atom. The van der Waals surface area contributed by atoms with Crippen LogP contribution >= 0.6 is 0 Å². The Morgan fingerprint density at radius 3 is 2.70 bits per heavy atom. The van der Waals surface area contributed by atoms with E-state index >= 15 is 0 Å². The summed E-state index contributed by atoms with van der Waals surface area (Å²) in [5.74, 6) is 0. The van der Waals surface area contributed by atoms with Gasteiger partial charge in [-0.2, -0.15) is 0 Å². The second-order valence-electron chi connectivity index (χ2n) is 6.25. The molecule has 0 saturated heterocycles. The van der Waals surface area contributed by atoms with Gasteiger partial charge in [0.25, 0.3) is 0 Å². The van der Waals surface area contributed by atoms with Crippen LogP contribution in [0.4, 0.5) is 4.79 Å². The summed E-state index contributed by atoms with van der Waals surface area (Å²) in [6, 6.07) is 0. The summed E-state index contributed by atoms with van der Waals surface area (Å²) in [5, 5.41) is 9.64. The molecule has 1 atom stereocenters. The van der Waals surface area contributed by atoms with Crippen LogP contribution in [0.1, 0.15) is 33.6 Å². The van der Waals surface area contributed by atoms with E-state index in [4.69, 9.17) is 4.74 Å². The van der Waals surface area contributed by atoms with E-state index in [0.717, 1.165) is 6.42 Å². The van der Waals surface area contributed by atoms with Crippen molar-refractivity contribution in [1.82, 2.24) is 4.90 Å². The predicted molar refractivity (Wildman–Crippen MR) is 78.4 cm³/mol. The Balaban J connectivity index is 1.95. The smallest absolute Gasteiger partial charge is 0.410 e. The van der Waals surface area contributed by atoms with Gasteiger partial charge in [-0.3, -0.25) is 0 Å². The molecule has 4 heteroatoms. The average molecular weight is 277 g/mol. The summed E-state index contributed by atoms with van der Waals surface area (Å²) < 4.78 is 5.37. The van der Waals surface area contributed by atoms with E-state index in [-0.39, 0.29) is 12.2 Å². The topological polar surface area (TPSA) is 49.8 Å². The van der Waals surface area contributed by atoms with Crippen LogP contribution in [0, 0.1) is 0 Å². The highest BCUT2D eigenvalue weighted by Crippen LogP contribution is 2.26. The fraction of sp³-hybridized carbons (Fsp3) is 0.562. The third kappa shape index (κ3) is 3.97. The summed E-state index contributed by atoms with van der Waals surface area (Å²) in [4.78, 5) is 13.7. The number of carbonyl (C=O) groups excluding carboxylic acids is 1. The first-order valence-electron chi connectivity index (χ1n) is 7.08. The van der Waals surface area contributed by atoms with Crippen molar-refractivity contribution < 1.29 is 14.6 Å². The number of ether oxygens (including phenoxy) is 1.